The Balaban J connectivity index is 3.66. The second kappa shape index (κ2) is 8.08. The van der Waals surface area contributed by atoms with E-state index in [0.717, 1.165) is 6.07 Å². The zero-order valence-corrected chi connectivity index (χ0v) is 14.1. The lowest BCUT2D eigenvalue weighted by atomic mass is 10.1. The van der Waals surface area contributed by atoms with Crippen LogP contribution in [-0.2, 0) is 20.4 Å². The molecule has 1 aromatic rings. The first-order valence-corrected chi connectivity index (χ1v) is 7.34. The summed E-state index contributed by atoms with van der Waals surface area (Å²) in [6, 6.07) is 1.48. The summed E-state index contributed by atoms with van der Waals surface area (Å²) in [4.78, 5) is 25.2. The highest BCUT2D eigenvalue weighted by Gasteiger charge is 2.38. The number of halogens is 4. The fourth-order valence-corrected chi connectivity index (χ4v) is 2.07. The third kappa shape index (κ3) is 4.91. The van der Waals surface area contributed by atoms with Crippen LogP contribution in [0, 0.1) is 10.1 Å². The van der Waals surface area contributed by atoms with Gasteiger partial charge in [-0.05, 0) is 19.9 Å². The monoisotopic (exact) mass is 412 g/mol. The third-order valence-electron chi connectivity index (χ3n) is 2.50. The number of nitro benzene ring substituents is 1. The highest BCUT2D eigenvalue weighted by atomic mass is 79.9. The standard InChI is InChI=1S/C13H12BrF3N2O5/c1-3-23-11(12(20)24-4-2)18-10-8(13(15,16)17)5-7(14)6-9(10)19(21)22/h5-6H,3-4H2,1-2H3/b18-11-. The second-order valence-corrected chi connectivity index (χ2v) is 5.06. The van der Waals surface area contributed by atoms with Crippen LogP contribution in [0.3, 0.4) is 0 Å². The van der Waals surface area contributed by atoms with Gasteiger partial charge < -0.3 is 9.47 Å². The van der Waals surface area contributed by atoms with Crippen molar-refractivity contribution >= 4 is 39.2 Å². The highest BCUT2D eigenvalue weighted by Crippen LogP contribution is 2.43. The van der Waals surface area contributed by atoms with Gasteiger partial charge in [-0.15, -0.1) is 0 Å². The van der Waals surface area contributed by atoms with Gasteiger partial charge in [0.05, 0.1) is 23.7 Å². The van der Waals surface area contributed by atoms with E-state index in [4.69, 9.17) is 4.74 Å². The van der Waals surface area contributed by atoms with Gasteiger partial charge in [-0.1, -0.05) is 15.9 Å². The number of carbonyl (C=O) groups is 1. The minimum atomic E-state index is -4.93. The number of hydrogen-bond donors (Lipinski definition) is 0. The number of esters is 1. The molecule has 0 unspecified atom stereocenters. The van der Waals surface area contributed by atoms with E-state index in [9.17, 15) is 28.1 Å². The Morgan fingerprint density at radius 3 is 2.33 bits per heavy atom. The van der Waals surface area contributed by atoms with Crippen molar-refractivity contribution < 1.29 is 32.4 Å². The average Bonchev–Trinajstić information content (AvgIpc) is 2.46. The van der Waals surface area contributed by atoms with Crippen molar-refractivity contribution in [3.05, 3.63) is 32.3 Å². The summed E-state index contributed by atoms with van der Waals surface area (Å²) in [5, 5.41) is 11.1. The van der Waals surface area contributed by atoms with Gasteiger partial charge in [0.25, 0.3) is 5.69 Å². The van der Waals surface area contributed by atoms with E-state index < -0.39 is 39.9 Å². The van der Waals surface area contributed by atoms with Gasteiger partial charge in [0.2, 0.25) is 0 Å². The number of aliphatic imine (C=N–C) groups is 1. The molecule has 0 aromatic heterocycles. The Kier molecular flexibility index (Phi) is 6.70. The number of alkyl halides is 3. The van der Waals surface area contributed by atoms with Crippen LogP contribution in [0.1, 0.15) is 19.4 Å². The molecule has 0 aliphatic rings. The van der Waals surface area contributed by atoms with Crippen LogP contribution in [0.5, 0.6) is 0 Å². The van der Waals surface area contributed by atoms with Crippen molar-refractivity contribution in [3.8, 4) is 0 Å². The summed E-state index contributed by atoms with van der Waals surface area (Å²) < 4.78 is 48.9. The number of nitrogens with zero attached hydrogens (tertiary/aromatic N) is 2. The van der Waals surface area contributed by atoms with Gasteiger partial charge in [-0.3, -0.25) is 10.1 Å². The van der Waals surface area contributed by atoms with E-state index in [1.807, 2.05) is 0 Å². The molecular formula is C13H12BrF3N2O5. The zero-order valence-electron chi connectivity index (χ0n) is 12.5. The quantitative estimate of drug-likeness (QED) is 0.245. The summed E-state index contributed by atoms with van der Waals surface area (Å²) in [5.74, 6) is -1.92. The summed E-state index contributed by atoms with van der Waals surface area (Å²) in [5.41, 5.74) is -3.35. The van der Waals surface area contributed by atoms with E-state index in [1.54, 1.807) is 0 Å². The predicted molar refractivity (Wildman–Crippen MR) is 81.2 cm³/mol. The van der Waals surface area contributed by atoms with E-state index in [-0.39, 0.29) is 17.7 Å². The largest absolute Gasteiger partial charge is 0.473 e. The molecule has 0 aliphatic heterocycles. The molecular weight excluding hydrogens is 401 g/mol. The highest BCUT2D eigenvalue weighted by molar-refractivity contribution is 9.10. The van der Waals surface area contributed by atoms with Crippen molar-refractivity contribution in [2.45, 2.75) is 20.0 Å². The van der Waals surface area contributed by atoms with Crippen molar-refractivity contribution in [2.75, 3.05) is 13.2 Å². The van der Waals surface area contributed by atoms with Crippen LogP contribution in [0.25, 0.3) is 0 Å². The molecule has 0 saturated heterocycles. The molecule has 0 fully saturated rings. The fourth-order valence-electron chi connectivity index (χ4n) is 1.63. The van der Waals surface area contributed by atoms with Crippen LogP contribution in [0.4, 0.5) is 24.5 Å². The Morgan fingerprint density at radius 2 is 1.88 bits per heavy atom. The maximum absolute atomic E-state index is 13.2. The van der Waals surface area contributed by atoms with Crippen LogP contribution in [-0.4, -0.2) is 30.0 Å². The van der Waals surface area contributed by atoms with Crippen LogP contribution in [0.2, 0.25) is 0 Å². The van der Waals surface area contributed by atoms with Gasteiger partial charge in [-0.2, -0.15) is 18.2 Å². The molecule has 0 aliphatic carbocycles. The number of hydrogen-bond acceptors (Lipinski definition) is 6. The predicted octanol–water partition coefficient (Wildman–Crippen LogP) is 4.01. The Bertz CT molecular complexity index is 676. The molecule has 24 heavy (non-hydrogen) atoms. The van der Waals surface area contributed by atoms with Gasteiger partial charge in [-0.25, -0.2) is 4.79 Å². The molecule has 0 radical (unpaired) electrons. The lowest BCUT2D eigenvalue weighted by Gasteiger charge is -2.12. The molecule has 0 spiro atoms. The smallest absolute Gasteiger partial charge is 0.418 e. The van der Waals surface area contributed by atoms with Gasteiger partial charge in [0, 0.05) is 10.5 Å². The molecule has 132 valence electrons. The molecule has 0 N–H and O–H groups in total. The van der Waals surface area contributed by atoms with E-state index in [1.165, 1.54) is 13.8 Å². The molecule has 11 heteroatoms. The van der Waals surface area contributed by atoms with Crippen molar-refractivity contribution in [1.29, 1.82) is 0 Å². The second-order valence-electron chi connectivity index (χ2n) is 4.15. The molecule has 0 bridgehead atoms. The van der Waals surface area contributed by atoms with E-state index in [0.29, 0.717) is 6.07 Å². The molecule has 0 atom stereocenters. The third-order valence-corrected chi connectivity index (χ3v) is 2.96. The van der Waals surface area contributed by atoms with Crippen LogP contribution < -0.4 is 0 Å². The van der Waals surface area contributed by atoms with Crippen LogP contribution in [0.15, 0.2) is 21.6 Å². The zero-order chi connectivity index (χ0) is 18.5. The topological polar surface area (TPSA) is 91.0 Å². The first-order valence-electron chi connectivity index (χ1n) is 6.55. The number of benzene rings is 1. The summed E-state index contributed by atoms with van der Waals surface area (Å²) in [6.45, 7) is 2.78. The first kappa shape index (κ1) is 19.9. The van der Waals surface area contributed by atoms with E-state index in [2.05, 4.69) is 25.7 Å². The summed E-state index contributed by atoms with van der Waals surface area (Å²) in [7, 11) is 0. The molecule has 1 aromatic carbocycles. The molecule has 0 amide bonds. The lowest BCUT2D eigenvalue weighted by Crippen LogP contribution is -2.21. The van der Waals surface area contributed by atoms with Crippen molar-refractivity contribution in [1.82, 2.24) is 0 Å². The average molecular weight is 413 g/mol. The minimum Gasteiger partial charge on any atom is -0.473 e. The molecule has 0 saturated carbocycles. The Morgan fingerprint density at radius 1 is 1.29 bits per heavy atom. The minimum absolute atomic E-state index is 0.0700. The number of ether oxygens (including phenoxy) is 2. The number of rotatable bonds is 4. The van der Waals surface area contributed by atoms with Gasteiger partial charge in [0.15, 0.2) is 5.69 Å². The van der Waals surface area contributed by atoms with Crippen molar-refractivity contribution in [2.24, 2.45) is 4.99 Å². The maximum Gasteiger partial charge on any atom is 0.418 e. The lowest BCUT2D eigenvalue weighted by molar-refractivity contribution is -0.384. The molecule has 0 heterocycles. The molecule has 1 rings (SSSR count). The Labute approximate surface area is 142 Å². The van der Waals surface area contributed by atoms with Crippen LogP contribution >= 0.6 is 15.9 Å². The number of carbonyl (C=O) groups excluding carboxylic acids is 1. The number of nitro groups is 1. The summed E-state index contributed by atoms with van der Waals surface area (Å²) >= 11 is 2.78. The SMILES string of the molecule is CCOC(=O)/C(=N/c1c([N+](=O)[O-])cc(Br)cc1C(F)(F)F)OCC. The van der Waals surface area contributed by atoms with Gasteiger partial charge >= 0.3 is 18.0 Å². The Hall–Kier alpha value is -2.17. The maximum atomic E-state index is 13.2. The normalized spacial score (nSPS) is 12.0. The fraction of sp³-hybridized carbons (Fsp3) is 0.385. The summed E-state index contributed by atoms with van der Waals surface area (Å²) in [6.07, 6.45) is -4.93. The van der Waals surface area contributed by atoms with Gasteiger partial charge in [0.1, 0.15) is 0 Å². The van der Waals surface area contributed by atoms with Crippen molar-refractivity contribution in [3.63, 3.8) is 0 Å². The first-order chi connectivity index (χ1) is 11.1. The molecule has 7 nitrogen and oxygen atoms in total. The van der Waals surface area contributed by atoms with E-state index >= 15 is 0 Å².